The average molecular weight is 273 g/mol. The van der Waals surface area contributed by atoms with Gasteiger partial charge in [0.1, 0.15) is 0 Å². The summed E-state index contributed by atoms with van der Waals surface area (Å²) in [6.45, 7) is 5.91. The Kier molecular flexibility index (Phi) is 4.27. The number of para-hydroxylation sites is 1. The van der Waals surface area contributed by atoms with Gasteiger partial charge in [-0.25, -0.2) is 0 Å². The molecule has 0 saturated carbocycles. The zero-order valence-corrected chi connectivity index (χ0v) is 12.5. The highest BCUT2D eigenvalue weighted by Gasteiger charge is 2.31. The maximum absolute atomic E-state index is 6.08. The minimum Gasteiger partial charge on any atom is -0.371 e. The number of anilines is 1. The van der Waals surface area contributed by atoms with Crippen LogP contribution in [0, 0.1) is 0 Å². The smallest absolute Gasteiger partial charge is 0.0366 e. The van der Waals surface area contributed by atoms with Crippen molar-refractivity contribution < 1.29 is 0 Å². The molecular weight excluding hydrogens is 246 g/mol. The van der Waals surface area contributed by atoms with Gasteiger partial charge in [-0.1, -0.05) is 18.2 Å². The molecule has 110 valence electrons. The third-order valence-corrected chi connectivity index (χ3v) is 5.02. The summed E-state index contributed by atoms with van der Waals surface area (Å²) in [6.07, 6.45) is 4.91. The lowest BCUT2D eigenvalue weighted by Crippen LogP contribution is -2.53. The molecule has 2 unspecified atom stereocenters. The van der Waals surface area contributed by atoms with Crippen LogP contribution in [0.4, 0.5) is 5.69 Å². The molecule has 1 aromatic rings. The third kappa shape index (κ3) is 2.99. The second-order valence-corrected chi connectivity index (χ2v) is 6.43. The Morgan fingerprint density at radius 3 is 2.35 bits per heavy atom. The van der Waals surface area contributed by atoms with Gasteiger partial charge in [-0.05, 0) is 44.7 Å². The Morgan fingerprint density at radius 2 is 1.70 bits per heavy atom. The molecule has 0 bridgehead atoms. The molecule has 0 spiro atoms. The number of hydrogen-bond acceptors (Lipinski definition) is 3. The zero-order chi connectivity index (χ0) is 13.9. The van der Waals surface area contributed by atoms with Gasteiger partial charge in [-0.3, -0.25) is 4.90 Å². The van der Waals surface area contributed by atoms with Crippen LogP contribution in [0.1, 0.15) is 32.6 Å². The van der Waals surface area contributed by atoms with Gasteiger partial charge < -0.3 is 10.6 Å². The second-order valence-electron chi connectivity index (χ2n) is 6.43. The molecule has 2 fully saturated rings. The Morgan fingerprint density at radius 1 is 1.00 bits per heavy atom. The molecule has 0 aromatic heterocycles. The highest BCUT2D eigenvalue weighted by molar-refractivity contribution is 5.46. The lowest BCUT2D eigenvalue weighted by atomic mass is 9.93. The number of hydrogen-bond donors (Lipinski definition) is 1. The van der Waals surface area contributed by atoms with Gasteiger partial charge in [0, 0.05) is 43.4 Å². The zero-order valence-electron chi connectivity index (χ0n) is 12.5. The van der Waals surface area contributed by atoms with E-state index in [0.29, 0.717) is 12.1 Å². The summed E-state index contributed by atoms with van der Waals surface area (Å²) in [5, 5.41) is 0. The Balaban J connectivity index is 1.56. The first-order valence-corrected chi connectivity index (χ1v) is 8.05. The topological polar surface area (TPSA) is 32.5 Å². The first-order valence-electron chi connectivity index (χ1n) is 8.05. The van der Waals surface area contributed by atoms with Crippen LogP contribution < -0.4 is 10.6 Å². The molecule has 2 saturated heterocycles. The van der Waals surface area contributed by atoms with Crippen LogP contribution in [0.2, 0.25) is 0 Å². The molecule has 0 radical (unpaired) electrons. The molecule has 3 nitrogen and oxygen atoms in total. The van der Waals surface area contributed by atoms with Crippen molar-refractivity contribution >= 4 is 5.69 Å². The van der Waals surface area contributed by atoms with E-state index in [9.17, 15) is 0 Å². The van der Waals surface area contributed by atoms with Crippen LogP contribution in [0.5, 0.6) is 0 Å². The van der Waals surface area contributed by atoms with Crippen molar-refractivity contribution in [3.8, 4) is 0 Å². The normalized spacial score (nSPS) is 29.6. The van der Waals surface area contributed by atoms with Crippen LogP contribution >= 0.6 is 0 Å². The van der Waals surface area contributed by atoms with Crippen LogP contribution in [-0.4, -0.2) is 42.7 Å². The van der Waals surface area contributed by atoms with E-state index < -0.39 is 0 Å². The maximum Gasteiger partial charge on any atom is 0.0366 e. The number of likely N-dealkylation sites (tertiary alicyclic amines) is 1. The Hall–Kier alpha value is -1.06. The molecule has 3 rings (SSSR count). The molecule has 2 atom stereocenters. The van der Waals surface area contributed by atoms with E-state index >= 15 is 0 Å². The van der Waals surface area contributed by atoms with E-state index in [0.717, 1.165) is 6.04 Å². The number of benzene rings is 1. The van der Waals surface area contributed by atoms with Gasteiger partial charge in [-0.15, -0.1) is 0 Å². The molecule has 2 N–H and O–H groups in total. The first-order chi connectivity index (χ1) is 9.74. The minimum atomic E-state index is 0.422. The predicted octanol–water partition coefficient (Wildman–Crippen LogP) is 2.47. The van der Waals surface area contributed by atoms with Gasteiger partial charge >= 0.3 is 0 Å². The molecule has 20 heavy (non-hydrogen) atoms. The van der Waals surface area contributed by atoms with Crippen molar-refractivity contribution in [2.24, 2.45) is 5.73 Å². The fourth-order valence-corrected chi connectivity index (χ4v) is 3.86. The average Bonchev–Trinajstić information content (AvgIpc) is 2.48. The number of piperidine rings is 2. The summed E-state index contributed by atoms with van der Waals surface area (Å²) in [5.41, 5.74) is 7.45. The fourth-order valence-electron chi connectivity index (χ4n) is 3.86. The molecule has 3 heteroatoms. The van der Waals surface area contributed by atoms with E-state index in [1.807, 2.05) is 0 Å². The molecular formula is C17H27N3. The number of nitrogens with zero attached hydrogens (tertiary/aromatic N) is 2. The molecule has 2 heterocycles. The van der Waals surface area contributed by atoms with Gasteiger partial charge in [0.15, 0.2) is 0 Å². The van der Waals surface area contributed by atoms with E-state index in [1.54, 1.807) is 0 Å². The molecule has 0 aliphatic carbocycles. The maximum atomic E-state index is 6.08. The highest BCUT2D eigenvalue weighted by Crippen LogP contribution is 2.26. The van der Waals surface area contributed by atoms with Crippen molar-refractivity contribution in [2.75, 3.05) is 24.5 Å². The second kappa shape index (κ2) is 6.15. The van der Waals surface area contributed by atoms with Crippen molar-refractivity contribution in [3.05, 3.63) is 30.3 Å². The van der Waals surface area contributed by atoms with E-state index in [4.69, 9.17) is 5.73 Å². The summed E-state index contributed by atoms with van der Waals surface area (Å²) in [5.74, 6) is 0. The van der Waals surface area contributed by atoms with Crippen molar-refractivity contribution in [3.63, 3.8) is 0 Å². The van der Waals surface area contributed by atoms with Gasteiger partial charge in [0.25, 0.3) is 0 Å². The van der Waals surface area contributed by atoms with Gasteiger partial charge in [0.05, 0.1) is 0 Å². The van der Waals surface area contributed by atoms with Crippen molar-refractivity contribution in [2.45, 2.75) is 50.7 Å². The quantitative estimate of drug-likeness (QED) is 0.898. The summed E-state index contributed by atoms with van der Waals surface area (Å²) >= 11 is 0. The van der Waals surface area contributed by atoms with Crippen molar-refractivity contribution in [1.82, 2.24) is 4.90 Å². The highest BCUT2D eigenvalue weighted by atomic mass is 15.2. The molecule has 2 aliphatic rings. The first kappa shape index (κ1) is 13.9. The number of rotatable bonds is 2. The summed E-state index contributed by atoms with van der Waals surface area (Å²) in [4.78, 5) is 5.24. The van der Waals surface area contributed by atoms with Gasteiger partial charge in [-0.2, -0.15) is 0 Å². The van der Waals surface area contributed by atoms with E-state index in [-0.39, 0.29) is 0 Å². The summed E-state index contributed by atoms with van der Waals surface area (Å²) in [7, 11) is 0. The van der Waals surface area contributed by atoms with Crippen LogP contribution in [0.15, 0.2) is 30.3 Å². The number of nitrogens with two attached hydrogens (primary N) is 1. The lowest BCUT2D eigenvalue weighted by molar-refractivity contribution is 0.0816. The molecule has 1 aromatic carbocycles. The van der Waals surface area contributed by atoms with E-state index in [2.05, 4.69) is 47.1 Å². The molecule has 0 amide bonds. The third-order valence-electron chi connectivity index (χ3n) is 5.02. The van der Waals surface area contributed by atoms with E-state index in [1.165, 1.54) is 51.0 Å². The fraction of sp³-hybridized carbons (Fsp3) is 0.647. The summed E-state index contributed by atoms with van der Waals surface area (Å²) < 4.78 is 0. The Labute approximate surface area is 122 Å². The lowest BCUT2D eigenvalue weighted by Gasteiger charge is -2.45. The van der Waals surface area contributed by atoms with Crippen LogP contribution in [0.25, 0.3) is 0 Å². The monoisotopic (exact) mass is 273 g/mol. The van der Waals surface area contributed by atoms with Crippen molar-refractivity contribution in [1.29, 1.82) is 0 Å². The largest absolute Gasteiger partial charge is 0.371 e. The SMILES string of the molecule is CC1CC(N)CCN1C1CCN(c2ccccc2)CC1. The minimum absolute atomic E-state index is 0.422. The Bertz CT molecular complexity index is 412. The van der Waals surface area contributed by atoms with Crippen LogP contribution in [0.3, 0.4) is 0 Å². The standard InChI is InChI=1S/C17H27N3/c1-14-13-15(18)7-12-20(14)17-8-10-19(11-9-17)16-5-3-2-4-6-16/h2-6,14-15,17H,7-13,18H2,1H3. The summed E-state index contributed by atoms with van der Waals surface area (Å²) in [6, 6.07) is 12.7. The molecule has 2 aliphatic heterocycles. The van der Waals surface area contributed by atoms with Crippen LogP contribution in [-0.2, 0) is 0 Å². The van der Waals surface area contributed by atoms with Gasteiger partial charge in [0.2, 0.25) is 0 Å². The predicted molar refractivity (Wildman–Crippen MR) is 85.1 cm³/mol.